The zero-order valence-electron chi connectivity index (χ0n) is 34.1. The number of nitrogen functional groups attached to an aromatic ring is 6. The zero-order chi connectivity index (χ0) is 47.4. The Bertz CT molecular complexity index is 2760. The molecule has 0 radical (unpaired) electrons. The standard InChI is InChI=1S/C20H18N4O4.C13H13N3O3.C13H13N3O2/c21-13-5-1-11(2-6-13)19(27)23-15-9-16(18(26)10-17(15)25)24-20(28)12-3-7-14(22)8-4-12;14-8-3-1-7(2-4-8)13(19)16-10-6-11(17)9(15)5-12(10)18;14-9-3-1-8(2-4-9)13(18)16-11-7-10(15)5-6-12(11)17/h1-10,25-26H,21-22H2,(H,23,27)(H,24,28);1-6,17-18H,14-15H2,(H,16,19);1-7,17H,14-15H2,(H,16,18). The van der Waals surface area contributed by atoms with Crippen LogP contribution in [0.5, 0.6) is 28.7 Å². The minimum absolute atomic E-state index is 0.0206. The van der Waals surface area contributed by atoms with E-state index in [9.17, 15) is 44.7 Å². The Labute approximate surface area is 370 Å². The molecule has 4 amide bonds. The molecule has 0 aliphatic heterocycles. The molecule has 0 aromatic heterocycles. The molecular weight excluding hydrogens is 837 g/mol. The third-order valence-corrected chi connectivity index (χ3v) is 8.96. The molecule has 0 fully saturated rings. The van der Waals surface area contributed by atoms with Crippen LogP contribution in [0, 0.1) is 0 Å². The van der Waals surface area contributed by atoms with Crippen LogP contribution in [0.3, 0.4) is 0 Å². The number of carbonyl (C=O) groups excluding carboxylic acids is 4. The van der Waals surface area contributed by atoms with Crippen molar-refractivity contribution in [3.8, 4) is 28.7 Å². The van der Waals surface area contributed by atoms with E-state index in [4.69, 9.17) is 34.4 Å². The minimum atomic E-state index is -0.489. The highest BCUT2D eigenvalue weighted by Crippen LogP contribution is 2.36. The summed E-state index contributed by atoms with van der Waals surface area (Å²) in [5.74, 6) is -2.93. The van der Waals surface area contributed by atoms with Gasteiger partial charge in [-0.3, -0.25) is 19.2 Å². The summed E-state index contributed by atoms with van der Waals surface area (Å²) in [4.78, 5) is 48.4. The molecule has 0 bridgehead atoms. The number of phenols is 5. The molecule has 0 spiro atoms. The van der Waals surface area contributed by atoms with Crippen molar-refractivity contribution in [2.75, 3.05) is 55.7 Å². The Balaban J connectivity index is 0.000000190. The van der Waals surface area contributed by atoms with E-state index in [1.54, 1.807) is 78.9 Å². The Morgan fingerprint density at radius 2 is 0.569 bits per heavy atom. The Morgan fingerprint density at radius 3 is 0.908 bits per heavy atom. The van der Waals surface area contributed by atoms with Crippen molar-refractivity contribution in [3.05, 3.63) is 162 Å². The van der Waals surface area contributed by atoms with Crippen LogP contribution in [0.15, 0.2) is 140 Å². The van der Waals surface area contributed by atoms with Gasteiger partial charge in [0.25, 0.3) is 23.6 Å². The maximum absolute atomic E-state index is 12.3. The highest BCUT2D eigenvalue weighted by molar-refractivity contribution is 6.08. The number of carbonyl (C=O) groups is 4. The number of hydrogen-bond acceptors (Lipinski definition) is 15. The molecule has 332 valence electrons. The van der Waals surface area contributed by atoms with Crippen molar-refractivity contribution < 1.29 is 44.7 Å². The van der Waals surface area contributed by atoms with Gasteiger partial charge >= 0.3 is 0 Å². The number of benzene rings is 7. The lowest BCUT2D eigenvalue weighted by molar-refractivity contribution is 0.101. The average Bonchev–Trinajstić information content (AvgIpc) is 3.27. The number of hydrogen-bond donors (Lipinski definition) is 15. The maximum Gasteiger partial charge on any atom is 0.255 e. The minimum Gasteiger partial charge on any atom is -0.506 e. The van der Waals surface area contributed by atoms with Gasteiger partial charge in [-0.25, -0.2) is 0 Å². The second-order valence-electron chi connectivity index (χ2n) is 13.9. The molecule has 7 aromatic rings. The highest BCUT2D eigenvalue weighted by atomic mass is 16.3. The summed E-state index contributed by atoms with van der Waals surface area (Å²) in [7, 11) is 0. The summed E-state index contributed by atoms with van der Waals surface area (Å²) in [6.45, 7) is 0. The molecule has 0 saturated carbocycles. The molecule has 21 N–H and O–H groups in total. The van der Waals surface area contributed by atoms with E-state index in [2.05, 4.69) is 21.3 Å². The van der Waals surface area contributed by atoms with Crippen molar-refractivity contribution in [3.63, 3.8) is 0 Å². The van der Waals surface area contributed by atoms with Gasteiger partial charge in [0.1, 0.15) is 28.7 Å². The first-order valence-electron chi connectivity index (χ1n) is 19.0. The van der Waals surface area contributed by atoms with Crippen LogP contribution in [0.4, 0.5) is 56.9 Å². The first-order valence-corrected chi connectivity index (χ1v) is 19.0. The second kappa shape index (κ2) is 20.7. The van der Waals surface area contributed by atoms with Crippen LogP contribution in [0.2, 0.25) is 0 Å². The monoisotopic (exact) mass is 880 g/mol. The van der Waals surface area contributed by atoms with E-state index in [1.165, 1.54) is 48.5 Å². The number of amides is 4. The van der Waals surface area contributed by atoms with Gasteiger partial charge in [-0.2, -0.15) is 0 Å². The lowest BCUT2D eigenvalue weighted by atomic mass is 10.1. The maximum atomic E-state index is 12.3. The quantitative estimate of drug-likeness (QED) is 0.0466. The smallest absolute Gasteiger partial charge is 0.255 e. The number of nitrogens with two attached hydrogens (primary N) is 6. The van der Waals surface area contributed by atoms with Gasteiger partial charge in [-0.1, -0.05) is 0 Å². The molecule has 0 aliphatic rings. The summed E-state index contributed by atoms with van der Waals surface area (Å²) in [6.07, 6.45) is 0. The van der Waals surface area contributed by atoms with Gasteiger partial charge in [-0.05, 0) is 121 Å². The van der Waals surface area contributed by atoms with Crippen molar-refractivity contribution in [2.45, 2.75) is 0 Å². The third-order valence-electron chi connectivity index (χ3n) is 8.96. The molecule has 7 rings (SSSR count). The fourth-order valence-electron chi connectivity index (χ4n) is 5.44. The lowest BCUT2D eigenvalue weighted by Crippen LogP contribution is -2.14. The van der Waals surface area contributed by atoms with Gasteiger partial charge in [0.15, 0.2) is 0 Å². The van der Waals surface area contributed by atoms with Crippen LogP contribution < -0.4 is 55.7 Å². The fourth-order valence-corrected chi connectivity index (χ4v) is 5.44. The number of aromatic hydroxyl groups is 5. The van der Waals surface area contributed by atoms with E-state index in [1.807, 2.05) is 0 Å². The highest BCUT2D eigenvalue weighted by Gasteiger charge is 2.16. The fraction of sp³-hybridized carbons (Fsp3) is 0. The van der Waals surface area contributed by atoms with Crippen LogP contribution in [0.1, 0.15) is 41.4 Å². The predicted octanol–water partition coefficient (Wildman–Crippen LogP) is 6.09. The number of rotatable bonds is 8. The van der Waals surface area contributed by atoms with Crippen molar-refractivity contribution in [1.29, 1.82) is 0 Å². The molecule has 0 aliphatic carbocycles. The summed E-state index contributed by atoms with van der Waals surface area (Å²) in [5.41, 5.74) is 37.8. The molecule has 0 atom stereocenters. The van der Waals surface area contributed by atoms with E-state index in [0.29, 0.717) is 50.7 Å². The van der Waals surface area contributed by atoms with E-state index < -0.39 is 17.7 Å². The van der Waals surface area contributed by atoms with Gasteiger partial charge < -0.3 is 81.2 Å². The molecule has 0 heterocycles. The first-order chi connectivity index (χ1) is 30.9. The SMILES string of the molecule is Nc1ccc(C(=O)Nc2cc(N)ccc2O)cc1.Nc1ccc(C(=O)Nc2cc(NC(=O)c3ccc(N)cc3)c(O)cc2O)cc1.Nc1ccc(C(=O)Nc2cc(O)c(N)cc2O)cc1. The van der Waals surface area contributed by atoms with Gasteiger partial charge in [0, 0.05) is 68.9 Å². The largest absolute Gasteiger partial charge is 0.506 e. The molecule has 0 saturated heterocycles. The predicted molar refractivity (Wildman–Crippen MR) is 252 cm³/mol. The van der Waals surface area contributed by atoms with Gasteiger partial charge in [0.2, 0.25) is 0 Å². The second-order valence-corrected chi connectivity index (χ2v) is 13.9. The van der Waals surface area contributed by atoms with Gasteiger partial charge in [-0.15, -0.1) is 0 Å². The lowest BCUT2D eigenvalue weighted by Gasteiger charge is -2.13. The summed E-state index contributed by atoms with van der Waals surface area (Å²) in [5, 5.41) is 58.8. The van der Waals surface area contributed by atoms with E-state index in [0.717, 1.165) is 12.1 Å². The number of nitrogens with one attached hydrogen (secondary N) is 4. The molecular formula is C46H44N10O9. The summed E-state index contributed by atoms with van der Waals surface area (Å²) >= 11 is 0. The molecule has 65 heavy (non-hydrogen) atoms. The molecule has 19 heteroatoms. The molecule has 0 unspecified atom stereocenters. The molecule has 19 nitrogen and oxygen atoms in total. The summed E-state index contributed by atoms with van der Waals surface area (Å²) < 4.78 is 0. The van der Waals surface area contributed by atoms with Gasteiger partial charge in [0.05, 0.1) is 28.4 Å². The zero-order valence-corrected chi connectivity index (χ0v) is 34.1. The summed E-state index contributed by atoms with van der Waals surface area (Å²) in [6, 6.07) is 34.3. The van der Waals surface area contributed by atoms with Crippen LogP contribution in [0.25, 0.3) is 0 Å². The Morgan fingerprint density at radius 1 is 0.292 bits per heavy atom. The first kappa shape index (κ1) is 46.3. The normalized spacial score (nSPS) is 10.2. The topological polar surface area (TPSA) is 374 Å². The van der Waals surface area contributed by atoms with E-state index in [-0.39, 0.29) is 63.1 Å². The van der Waals surface area contributed by atoms with Crippen LogP contribution >= 0.6 is 0 Å². The molecule has 7 aromatic carbocycles. The Kier molecular flexibility index (Phi) is 14.7. The third kappa shape index (κ3) is 12.9. The van der Waals surface area contributed by atoms with E-state index >= 15 is 0 Å². The number of phenolic OH excluding ortho intramolecular Hbond substituents is 5. The van der Waals surface area contributed by atoms with Crippen molar-refractivity contribution in [2.24, 2.45) is 0 Å². The Hall–Kier alpha value is -9.78. The average molecular weight is 881 g/mol. The number of anilines is 10. The van der Waals surface area contributed by atoms with Crippen LogP contribution in [-0.4, -0.2) is 49.2 Å². The van der Waals surface area contributed by atoms with Crippen molar-refractivity contribution in [1.82, 2.24) is 0 Å². The van der Waals surface area contributed by atoms with Crippen molar-refractivity contribution >= 4 is 80.5 Å². The van der Waals surface area contributed by atoms with Crippen LogP contribution in [-0.2, 0) is 0 Å².